The second-order valence-corrected chi connectivity index (χ2v) is 8.61. The number of ether oxygens (including phenoxy) is 1. The molecular weight excluding hydrogens is 364 g/mol. The fraction of sp³-hybridized carbons (Fsp3) is 0.417. The number of nitrogens with one attached hydrogen (secondary N) is 1. The molecule has 0 aromatic heterocycles. The molecule has 29 heavy (non-hydrogen) atoms. The predicted molar refractivity (Wildman–Crippen MR) is 115 cm³/mol. The molecule has 5 heteroatoms. The van der Waals surface area contributed by atoms with Crippen LogP contribution in [0.4, 0.5) is 5.69 Å². The summed E-state index contributed by atoms with van der Waals surface area (Å²) in [6.45, 7) is 11.0. The standard InChI is InChI=1S/C24H30N2O3/c1-16-8-6-9-20-21(25-17(2)27)23(28)26(22(16)20)14-7-15-29-19-12-10-18(11-13-19)24(3,4)5/h6,8-13,21H,7,14-15H2,1-5H3,(H,25,27)/t21-/m1/s1. The molecule has 5 nitrogen and oxygen atoms in total. The molecule has 2 amide bonds. The van der Waals surface area contributed by atoms with Crippen molar-refractivity contribution in [3.05, 3.63) is 59.2 Å². The second-order valence-electron chi connectivity index (χ2n) is 8.61. The lowest BCUT2D eigenvalue weighted by Crippen LogP contribution is -2.37. The summed E-state index contributed by atoms with van der Waals surface area (Å²) in [5.74, 6) is 0.539. The van der Waals surface area contributed by atoms with Gasteiger partial charge in [-0.25, -0.2) is 0 Å². The normalized spacial score (nSPS) is 16.0. The maximum Gasteiger partial charge on any atom is 0.254 e. The minimum atomic E-state index is -0.603. The monoisotopic (exact) mass is 394 g/mol. The summed E-state index contributed by atoms with van der Waals surface area (Å²) < 4.78 is 5.87. The van der Waals surface area contributed by atoms with Crippen LogP contribution in [-0.2, 0) is 15.0 Å². The van der Waals surface area contributed by atoms with Gasteiger partial charge in [-0.3, -0.25) is 9.59 Å². The van der Waals surface area contributed by atoms with Crippen LogP contribution in [0.3, 0.4) is 0 Å². The van der Waals surface area contributed by atoms with Crippen LogP contribution in [0.1, 0.15) is 56.8 Å². The molecule has 0 saturated carbocycles. The Morgan fingerprint density at radius 2 is 1.83 bits per heavy atom. The molecule has 0 saturated heterocycles. The number of rotatable bonds is 6. The maximum atomic E-state index is 12.9. The molecule has 1 atom stereocenters. The SMILES string of the molecule is CC(=O)N[C@H]1C(=O)N(CCCOc2ccc(C(C)(C)C)cc2)c2c(C)cccc21. The smallest absolute Gasteiger partial charge is 0.254 e. The molecule has 1 aliphatic heterocycles. The van der Waals surface area contributed by atoms with E-state index in [1.165, 1.54) is 12.5 Å². The van der Waals surface area contributed by atoms with Gasteiger partial charge in [0.25, 0.3) is 5.91 Å². The van der Waals surface area contributed by atoms with Gasteiger partial charge >= 0.3 is 0 Å². The van der Waals surface area contributed by atoms with E-state index in [-0.39, 0.29) is 17.2 Å². The fourth-order valence-electron chi connectivity index (χ4n) is 3.71. The predicted octanol–water partition coefficient (Wildman–Crippen LogP) is 4.29. The first-order chi connectivity index (χ1) is 13.7. The Labute approximate surface area is 173 Å². The van der Waals surface area contributed by atoms with Crippen molar-refractivity contribution in [2.45, 2.75) is 52.5 Å². The Morgan fingerprint density at radius 1 is 1.14 bits per heavy atom. The Kier molecular flexibility index (Phi) is 5.96. The van der Waals surface area contributed by atoms with Crippen molar-refractivity contribution >= 4 is 17.5 Å². The molecule has 1 aliphatic rings. The molecular formula is C24H30N2O3. The number of anilines is 1. The van der Waals surface area contributed by atoms with Crippen LogP contribution >= 0.6 is 0 Å². The summed E-state index contributed by atoms with van der Waals surface area (Å²) in [4.78, 5) is 26.2. The molecule has 1 heterocycles. The van der Waals surface area contributed by atoms with Crippen molar-refractivity contribution in [3.63, 3.8) is 0 Å². The number of amides is 2. The van der Waals surface area contributed by atoms with Crippen LogP contribution in [0.25, 0.3) is 0 Å². The van der Waals surface area contributed by atoms with Crippen molar-refractivity contribution in [2.24, 2.45) is 0 Å². The molecule has 0 unspecified atom stereocenters. The number of fused-ring (bicyclic) bond motifs is 1. The highest BCUT2D eigenvalue weighted by Gasteiger charge is 2.38. The molecule has 0 aliphatic carbocycles. The third-order valence-corrected chi connectivity index (χ3v) is 5.23. The summed E-state index contributed by atoms with van der Waals surface area (Å²) in [6, 6.07) is 13.4. The van der Waals surface area contributed by atoms with E-state index >= 15 is 0 Å². The van der Waals surface area contributed by atoms with Crippen molar-refractivity contribution in [3.8, 4) is 5.75 Å². The second kappa shape index (κ2) is 8.27. The van der Waals surface area contributed by atoms with Gasteiger partial charge in [0, 0.05) is 19.0 Å². The van der Waals surface area contributed by atoms with E-state index in [2.05, 4.69) is 38.2 Å². The van der Waals surface area contributed by atoms with Crippen LogP contribution in [0.15, 0.2) is 42.5 Å². The van der Waals surface area contributed by atoms with E-state index in [0.717, 1.165) is 22.6 Å². The largest absolute Gasteiger partial charge is 0.494 e. The van der Waals surface area contributed by atoms with Crippen LogP contribution in [-0.4, -0.2) is 25.0 Å². The van der Waals surface area contributed by atoms with E-state index in [1.54, 1.807) is 4.90 Å². The molecule has 0 radical (unpaired) electrons. The van der Waals surface area contributed by atoms with Gasteiger partial charge in [0.2, 0.25) is 5.91 Å². The van der Waals surface area contributed by atoms with Gasteiger partial charge in [-0.2, -0.15) is 0 Å². The highest BCUT2D eigenvalue weighted by Crippen LogP contribution is 2.38. The molecule has 0 spiro atoms. The average Bonchev–Trinajstić information content (AvgIpc) is 2.91. The van der Waals surface area contributed by atoms with Crippen molar-refractivity contribution in [2.75, 3.05) is 18.1 Å². The third-order valence-electron chi connectivity index (χ3n) is 5.23. The number of aryl methyl sites for hydroxylation is 1. The lowest BCUT2D eigenvalue weighted by Gasteiger charge is -2.20. The number of carbonyl (C=O) groups excluding carboxylic acids is 2. The van der Waals surface area contributed by atoms with Gasteiger partial charge in [0.1, 0.15) is 11.8 Å². The Balaban J connectivity index is 1.62. The van der Waals surface area contributed by atoms with Gasteiger partial charge in [-0.05, 0) is 42.0 Å². The summed E-state index contributed by atoms with van der Waals surface area (Å²) in [5.41, 5.74) is 4.19. The molecule has 2 aromatic rings. The number of hydrogen-bond donors (Lipinski definition) is 1. The van der Waals surface area contributed by atoms with E-state index in [1.807, 2.05) is 37.3 Å². The Morgan fingerprint density at radius 3 is 2.45 bits per heavy atom. The van der Waals surface area contributed by atoms with Crippen LogP contribution < -0.4 is 15.0 Å². The van der Waals surface area contributed by atoms with Crippen molar-refractivity contribution in [1.29, 1.82) is 0 Å². The topological polar surface area (TPSA) is 58.6 Å². The van der Waals surface area contributed by atoms with Crippen LogP contribution in [0, 0.1) is 6.92 Å². The number of carbonyl (C=O) groups is 2. The van der Waals surface area contributed by atoms with Gasteiger partial charge < -0.3 is 15.0 Å². The first kappa shape index (κ1) is 20.9. The number of hydrogen-bond acceptors (Lipinski definition) is 3. The first-order valence-electron chi connectivity index (χ1n) is 10.1. The molecule has 154 valence electrons. The Bertz CT molecular complexity index is 897. The molecule has 0 fully saturated rings. The minimum Gasteiger partial charge on any atom is -0.494 e. The van der Waals surface area contributed by atoms with Crippen molar-refractivity contribution < 1.29 is 14.3 Å². The van der Waals surface area contributed by atoms with E-state index in [4.69, 9.17) is 4.74 Å². The van der Waals surface area contributed by atoms with E-state index < -0.39 is 6.04 Å². The quantitative estimate of drug-likeness (QED) is 0.744. The summed E-state index contributed by atoms with van der Waals surface area (Å²) in [7, 11) is 0. The van der Waals surface area contributed by atoms with E-state index in [9.17, 15) is 9.59 Å². The zero-order valence-electron chi connectivity index (χ0n) is 17.9. The third kappa shape index (κ3) is 4.61. The fourth-order valence-corrected chi connectivity index (χ4v) is 3.71. The maximum absolute atomic E-state index is 12.9. The zero-order valence-corrected chi connectivity index (χ0v) is 17.9. The molecule has 3 rings (SSSR count). The van der Waals surface area contributed by atoms with Crippen LogP contribution in [0.2, 0.25) is 0 Å². The lowest BCUT2D eigenvalue weighted by atomic mass is 9.87. The summed E-state index contributed by atoms with van der Waals surface area (Å²) in [5, 5.41) is 2.78. The van der Waals surface area contributed by atoms with Crippen LogP contribution in [0.5, 0.6) is 5.75 Å². The number of benzene rings is 2. The van der Waals surface area contributed by atoms with E-state index in [0.29, 0.717) is 19.6 Å². The molecule has 1 N–H and O–H groups in total. The minimum absolute atomic E-state index is 0.0842. The summed E-state index contributed by atoms with van der Waals surface area (Å²) >= 11 is 0. The van der Waals surface area contributed by atoms with Gasteiger partial charge in [0.15, 0.2) is 0 Å². The zero-order chi connectivity index (χ0) is 21.2. The number of para-hydroxylation sites is 1. The molecule has 2 aromatic carbocycles. The van der Waals surface area contributed by atoms with Gasteiger partial charge in [-0.1, -0.05) is 51.1 Å². The number of nitrogens with zero attached hydrogens (tertiary/aromatic N) is 1. The highest BCUT2D eigenvalue weighted by atomic mass is 16.5. The Hall–Kier alpha value is -2.82. The summed E-state index contributed by atoms with van der Waals surface area (Å²) in [6.07, 6.45) is 0.702. The average molecular weight is 395 g/mol. The lowest BCUT2D eigenvalue weighted by molar-refractivity contribution is -0.126. The first-order valence-corrected chi connectivity index (χ1v) is 10.1. The van der Waals surface area contributed by atoms with Gasteiger partial charge in [0.05, 0.1) is 12.3 Å². The highest BCUT2D eigenvalue weighted by molar-refractivity contribution is 6.06. The van der Waals surface area contributed by atoms with Gasteiger partial charge in [-0.15, -0.1) is 0 Å². The molecule has 0 bridgehead atoms. The van der Waals surface area contributed by atoms with Crippen molar-refractivity contribution in [1.82, 2.24) is 5.32 Å².